The standard InChI is InChI=1S/C31H34N4O5S/c1-18-12-13-19(2)23(14-18)34-26(36)17-41-31-32-20(3)27(30(37)33-22-10-8-7-9-11-22)28(35-31)21-15-24(38-4)29(40-6)25(16-21)39-5/h7-16,28H,17H2,1-6H3,(H,32,35)(H,33,37)(H,34,36)/t28-/m1/s1. The molecule has 10 heteroatoms. The molecular weight excluding hydrogens is 540 g/mol. The van der Waals surface area contributed by atoms with Gasteiger partial charge in [0, 0.05) is 17.1 Å². The highest BCUT2D eigenvalue weighted by Crippen LogP contribution is 2.43. The number of anilines is 2. The van der Waals surface area contributed by atoms with E-state index in [4.69, 9.17) is 19.2 Å². The van der Waals surface area contributed by atoms with Crippen molar-refractivity contribution >= 4 is 40.1 Å². The fourth-order valence-electron chi connectivity index (χ4n) is 4.43. The smallest absolute Gasteiger partial charge is 0.255 e. The molecule has 0 bridgehead atoms. The summed E-state index contributed by atoms with van der Waals surface area (Å²) < 4.78 is 16.6. The van der Waals surface area contributed by atoms with Gasteiger partial charge in [0.15, 0.2) is 16.7 Å². The molecule has 3 N–H and O–H groups in total. The Bertz CT molecular complexity index is 1480. The van der Waals surface area contributed by atoms with Gasteiger partial charge in [-0.1, -0.05) is 42.1 Å². The molecule has 0 saturated heterocycles. The van der Waals surface area contributed by atoms with Crippen molar-refractivity contribution in [1.82, 2.24) is 5.32 Å². The van der Waals surface area contributed by atoms with Crippen LogP contribution in [0.15, 0.2) is 76.9 Å². The number of benzene rings is 3. The molecule has 3 aromatic rings. The first-order chi connectivity index (χ1) is 19.7. The Morgan fingerprint density at radius 2 is 1.59 bits per heavy atom. The summed E-state index contributed by atoms with van der Waals surface area (Å²) in [5.41, 5.74) is 5.19. The molecule has 0 unspecified atom stereocenters. The molecule has 0 aliphatic carbocycles. The van der Waals surface area contributed by atoms with Gasteiger partial charge in [0.25, 0.3) is 5.91 Å². The first kappa shape index (κ1) is 29.5. The predicted molar refractivity (Wildman–Crippen MR) is 164 cm³/mol. The van der Waals surface area contributed by atoms with E-state index >= 15 is 0 Å². The highest BCUT2D eigenvalue weighted by molar-refractivity contribution is 8.14. The number of allylic oxidation sites excluding steroid dienone is 1. The molecule has 1 aliphatic rings. The molecule has 41 heavy (non-hydrogen) atoms. The molecule has 9 nitrogen and oxygen atoms in total. The predicted octanol–water partition coefficient (Wildman–Crippen LogP) is 5.61. The van der Waals surface area contributed by atoms with E-state index in [0.717, 1.165) is 16.8 Å². The van der Waals surface area contributed by atoms with Crippen LogP contribution in [0.5, 0.6) is 17.2 Å². The van der Waals surface area contributed by atoms with Crippen LogP contribution in [0.2, 0.25) is 0 Å². The van der Waals surface area contributed by atoms with Crippen molar-refractivity contribution in [2.24, 2.45) is 4.99 Å². The molecular formula is C31H34N4O5S. The number of aliphatic imine (C=N–C) groups is 1. The molecule has 0 aromatic heterocycles. The number of nitrogens with one attached hydrogen (secondary N) is 3. The maximum absolute atomic E-state index is 13.6. The summed E-state index contributed by atoms with van der Waals surface area (Å²) in [6, 6.07) is 18.0. The van der Waals surface area contributed by atoms with Crippen molar-refractivity contribution in [3.63, 3.8) is 0 Å². The molecule has 3 aromatic carbocycles. The molecule has 4 rings (SSSR count). The highest BCUT2D eigenvalue weighted by Gasteiger charge is 2.31. The van der Waals surface area contributed by atoms with Gasteiger partial charge in [0.1, 0.15) is 6.04 Å². The number of para-hydroxylation sites is 1. The minimum atomic E-state index is -0.710. The van der Waals surface area contributed by atoms with Crippen molar-refractivity contribution in [3.8, 4) is 17.2 Å². The number of thioether (sulfide) groups is 1. The molecule has 0 spiro atoms. The number of methoxy groups -OCH3 is 3. The van der Waals surface area contributed by atoms with E-state index in [9.17, 15) is 9.59 Å². The fourth-order valence-corrected chi connectivity index (χ4v) is 5.17. The Kier molecular flexibility index (Phi) is 9.57. The van der Waals surface area contributed by atoms with E-state index in [1.165, 1.54) is 33.1 Å². The summed E-state index contributed by atoms with van der Waals surface area (Å²) in [4.78, 5) is 31.3. The van der Waals surface area contributed by atoms with Crippen LogP contribution in [0.1, 0.15) is 29.7 Å². The molecule has 0 fully saturated rings. The molecule has 1 atom stereocenters. The molecule has 1 heterocycles. The van der Waals surface area contributed by atoms with Crippen LogP contribution in [0.3, 0.4) is 0 Å². The number of carbonyl (C=O) groups is 2. The zero-order valence-corrected chi connectivity index (χ0v) is 24.8. The first-order valence-corrected chi connectivity index (χ1v) is 13.9. The third kappa shape index (κ3) is 7.01. The average Bonchev–Trinajstić information content (AvgIpc) is 2.97. The van der Waals surface area contributed by atoms with Crippen LogP contribution in [-0.2, 0) is 9.59 Å². The maximum atomic E-state index is 13.6. The second kappa shape index (κ2) is 13.3. The van der Waals surface area contributed by atoms with Gasteiger partial charge >= 0.3 is 0 Å². The van der Waals surface area contributed by atoms with E-state index in [1.54, 1.807) is 12.1 Å². The number of amides is 2. The average molecular weight is 575 g/mol. The maximum Gasteiger partial charge on any atom is 0.255 e. The van der Waals surface area contributed by atoms with Gasteiger partial charge in [-0.3, -0.25) is 9.59 Å². The van der Waals surface area contributed by atoms with Crippen molar-refractivity contribution in [1.29, 1.82) is 0 Å². The number of hydrogen-bond donors (Lipinski definition) is 3. The Labute approximate surface area is 244 Å². The third-order valence-corrected chi connectivity index (χ3v) is 7.39. The summed E-state index contributed by atoms with van der Waals surface area (Å²) in [6.07, 6.45) is 0. The van der Waals surface area contributed by atoms with Gasteiger partial charge in [-0.05, 0) is 67.8 Å². The number of rotatable bonds is 9. The fraction of sp³-hybridized carbons (Fsp3) is 0.258. The molecule has 1 aliphatic heterocycles. The summed E-state index contributed by atoms with van der Waals surface area (Å²) in [7, 11) is 4.60. The van der Waals surface area contributed by atoms with E-state index < -0.39 is 6.04 Å². The summed E-state index contributed by atoms with van der Waals surface area (Å²) in [5, 5.41) is 9.66. The van der Waals surface area contributed by atoms with Crippen LogP contribution >= 0.6 is 11.8 Å². The lowest BCUT2D eigenvalue weighted by atomic mass is 9.95. The first-order valence-electron chi connectivity index (χ1n) is 13.0. The van der Waals surface area contributed by atoms with E-state index in [1.807, 2.05) is 69.3 Å². The minimum absolute atomic E-state index is 0.125. The number of amidine groups is 1. The largest absolute Gasteiger partial charge is 0.493 e. The SMILES string of the molecule is COc1cc([C@H]2N=C(SCC(=O)Nc3cc(C)ccc3C)NC(C)=C2C(=O)Nc2ccccc2)cc(OC)c1OC. The van der Waals surface area contributed by atoms with E-state index in [-0.39, 0.29) is 17.6 Å². The quantitative estimate of drug-likeness (QED) is 0.305. The van der Waals surface area contributed by atoms with Crippen molar-refractivity contribution in [2.45, 2.75) is 26.8 Å². The van der Waals surface area contributed by atoms with Gasteiger partial charge in [0.05, 0.1) is 32.7 Å². The summed E-state index contributed by atoms with van der Waals surface area (Å²) in [6.45, 7) is 5.75. The second-order valence-corrected chi connectivity index (χ2v) is 10.4. The normalized spacial score (nSPS) is 14.5. The van der Waals surface area contributed by atoms with Crippen LogP contribution in [-0.4, -0.2) is 44.1 Å². The van der Waals surface area contributed by atoms with Crippen LogP contribution in [0.25, 0.3) is 0 Å². The van der Waals surface area contributed by atoms with Crippen molar-refractivity contribution in [3.05, 3.63) is 88.6 Å². The van der Waals surface area contributed by atoms with Gasteiger partial charge < -0.3 is 30.2 Å². The lowest BCUT2D eigenvalue weighted by Crippen LogP contribution is -2.32. The zero-order valence-electron chi connectivity index (χ0n) is 24.0. The number of aryl methyl sites for hydroxylation is 2. The Morgan fingerprint density at radius 3 is 2.22 bits per heavy atom. The van der Waals surface area contributed by atoms with E-state index in [0.29, 0.717) is 44.9 Å². The van der Waals surface area contributed by atoms with Gasteiger partial charge in [-0.25, -0.2) is 4.99 Å². The summed E-state index contributed by atoms with van der Waals surface area (Å²) in [5.74, 6) is 0.980. The van der Waals surface area contributed by atoms with Crippen molar-refractivity contribution < 1.29 is 23.8 Å². The molecule has 2 amide bonds. The number of ether oxygens (including phenoxy) is 3. The van der Waals surface area contributed by atoms with Crippen LogP contribution in [0, 0.1) is 13.8 Å². The second-order valence-electron chi connectivity index (χ2n) is 9.43. The molecule has 0 saturated carbocycles. The number of hydrogen-bond acceptors (Lipinski definition) is 8. The number of carbonyl (C=O) groups excluding carboxylic acids is 2. The van der Waals surface area contributed by atoms with Gasteiger partial charge in [0.2, 0.25) is 11.7 Å². The monoisotopic (exact) mass is 574 g/mol. The lowest BCUT2D eigenvalue weighted by Gasteiger charge is -2.27. The van der Waals surface area contributed by atoms with Crippen LogP contribution < -0.4 is 30.2 Å². The van der Waals surface area contributed by atoms with Crippen molar-refractivity contribution in [2.75, 3.05) is 37.7 Å². The Hall–Kier alpha value is -4.44. The van der Waals surface area contributed by atoms with Gasteiger partial charge in [-0.2, -0.15) is 0 Å². The topological polar surface area (TPSA) is 110 Å². The summed E-state index contributed by atoms with van der Waals surface area (Å²) >= 11 is 1.26. The Balaban J connectivity index is 1.65. The zero-order chi connectivity index (χ0) is 29.5. The minimum Gasteiger partial charge on any atom is -0.493 e. The molecule has 214 valence electrons. The number of nitrogens with zero attached hydrogens (tertiary/aromatic N) is 1. The third-order valence-electron chi connectivity index (χ3n) is 6.50. The lowest BCUT2D eigenvalue weighted by molar-refractivity contribution is -0.114. The highest BCUT2D eigenvalue weighted by atomic mass is 32.2. The molecule has 0 radical (unpaired) electrons. The Morgan fingerprint density at radius 1 is 0.902 bits per heavy atom. The van der Waals surface area contributed by atoms with Crippen LogP contribution in [0.4, 0.5) is 11.4 Å². The van der Waals surface area contributed by atoms with Gasteiger partial charge in [-0.15, -0.1) is 0 Å². The van der Waals surface area contributed by atoms with E-state index in [2.05, 4.69) is 16.0 Å².